The number of pyridine rings is 1. The van der Waals surface area contributed by atoms with Gasteiger partial charge in [-0.25, -0.2) is 4.98 Å². The number of benzene rings is 1. The molecule has 0 saturated heterocycles. The van der Waals surface area contributed by atoms with Gasteiger partial charge in [0.1, 0.15) is 5.03 Å². The summed E-state index contributed by atoms with van der Waals surface area (Å²) in [5.41, 5.74) is 7.81. The fraction of sp³-hybridized carbons (Fsp3) is 0.154. The zero-order valence-corrected chi connectivity index (χ0v) is 10.8. The van der Waals surface area contributed by atoms with Crippen LogP contribution in [0.3, 0.4) is 0 Å². The number of rotatable bonds is 4. The summed E-state index contributed by atoms with van der Waals surface area (Å²) in [5, 5.41) is 1.52. The molecule has 1 heterocycles. The van der Waals surface area contributed by atoms with Crippen molar-refractivity contribution >= 4 is 23.4 Å². The molecule has 17 heavy (non-hydrogen) atoms. The molecule has 0 bridgehead atoms. The molecular weight excluding hydrogens is 252 g/mol. The van der Waals surface area contributed by atoms with E-state index in [2.05, 4.69) is 17.1 Å². The van der Waals surface area contributed by atoms with Crippen molar-refractivity contribution in [3.8, 4) is 0 Å². The second-order valence-electron chi connectivity index (χ2n) is 3.57. The van der Waals surface area contributed by atoms with Gasteiger partial charge in [0.15, 0.2) is 0 Å². The van der Waals surface area contributed by atoms with Crippen LogP contribution in [-0.4, -0.2) is 4.98 Å². The average Bonchev–Trinajstić information content (AvgIpc) is 2.39. The van der Waals surface area contributed by atoms with Gasteiger partial charge >= 0.3 is 0 Å². The van der Waals surface area contributed by atoms with Crippen molar-refractivity contribution in [2.75, 3.05) is 0 Å². The van der Waals surface area contributed by atoms with Crippen molar-refractivity contribution in [2.24, 2.45) is 5.73 Å². The fourth-order valence-corrected chi connectivity index (χ4v) is 2.69. The maximum absolute atomic E-state index is 6.21. The molecule has 0 spiro atoms. The minimum atomic E-state index is 0.445. The van der Waals surface area contributed by atoms with Gasteiger partial charge < -0.3 is 5.73 Å². The Morgan fingerprint density at radius 3 is 2.65 bits per heavy atom. The number of nitrogens with two attached hydrogens (primary N) is 1. The lowest BCUT2D eigenvalue weighted by molar-refractivity contribution is 1.02. The Kier molecular flexibility index (Phi) is 4.42. The van der Waals surface area contributed by atoms with E-state index in [1.54, 1.807) is 18.0 Å². The minimum absolute atomic E-state index is 0.445. The highest BCUT2D eigenvalue weighted by atomic mass is 35.5. The predicted molar refractivity (Wildman–Crippen MR) is 73.1 cm³/mol. The van der Waals surface area contributed by atoms with Crippen LogP contribution < -0.4 is 5.73 Å². The van der Waals surface area contributed by atoms with Crippen molar-refractivity contribution in [1.82, 2.24) is 4.98 Å². The van der Waals surface area contributed by atoms with E-state index in [9.17, 15) is 0 Å². The van der Waals surface area contributed by atoms with Gasteiger partial charge in [0.2, 0.25) is 0 Å². The van der Waals surface area contributed by atoms with E-state index >= 15 is 0 Å². The summed E-state index contributed by atoms with van der Waals surface area (Å²) in [5.74, 6) is 0.863. The van der Waals surface area contributed by atoms with E-state index in [1.807, 2.05) is 24.3 Å². The predicted octanol–water partition coefficient (Wildman–Crippen LogP) is 3.49. The molecule has 0 atom stereocenters. The van der Waals surface area contributed by atoms with Crippen LogP contribution in [-0.2, 0) is 12.3 Å². The molecule has 2 aromatic rings. The fourth-order valence-electron chi connectivity index (χ4n) is 1.45. The standard InChI is InChI=1S/C13H13ClN2S/c14-12-11(8-15)6-7-16-13(12)17-9-10-4-2-1-3-5-10/h1-7H,8-9,15H2. The van der Waals surface area contributed by atoms with Gasteiger partial charge in [-0.1, -0.05) is 41.9 Å². The van der Waals surface area contributed by atoms with Crippen molar-refractivity contribution in [3.05, 3.63) is 58.7 Å². The van der Waals surface area contributed by atoms with Crippen molar-refractivity contribution < 1.29 is 0 Å². The van der Waals surface area contributed by atoms with E-state index in [4.69, 9.17) is 17.3 Å². The van der Waals surface area contributed by atoms with Gasteiger partial charge in [-0.2, -0.15) is 0 Å². The third-order valence-corrected chi connectivity index (χ3v) is 3.97. The number of thioether (sulfide) groups is 1. The van der Waals surface area contributed by atoms with Crippen LogP contribution in [0.15, 0.2) is 47.6 Å². The number of halogens is 1. The number of hydrogen-bond acceptors (Lipinski definition) is 3. The summed E-state index contributed by atoms with van der Waals surface area (Å²) in [6.07, 6.45) is 1.75. The highest BCUT2D eigenvalue weighted by Gasteiger charge is 2.06. The van der Waals surface area contributed by atoms with Gasteiger partial charge in [-0.3, -0.25) is 0 Å². The van der Waals surface area contributed by atoms with Crippen LogP contribution in [0.1, 0.15) is 11.1 Å². The molecule has 0 unspecified atom stereocenters. The molecule has 0 radical (unpaired) electrons. The van der Waals surface area contributed by atoms with Crippen LogP contribution in [0.4, 0.5) is 0 Å². The van der Waals surface area contributed by atoms with E-state index in [-0.39, 0.29) is 0 Å². The lowest BCUT2D eigenvalue weighted by atomic mass is 10.2. The molecule has 2 nitrogen and oxygen atoms in total. The molecular formula is C13H13ClN2S. The van der Waals surface area contributed by atoms with Gasteiger partial charge in [-0.05, 0) is 17.2 Å². The molecule has 0 fully saturated rings. The van der Waals surface area contributed by atoms with Crippen molar-refractivity contribution in [1.29, 1.82) is 0 Å². The Morgan fingerprint density at radius 1 is 1.18 bits per heavy atom. The third kappa shape index (κ3) is 3.22. The normalized spacial score (nSPS) is 10.5. The molecule has 2 rings (SSSR count). The monoisotopic (exact) mass is 264 g/mol. The maximum Gasteiger partial charge on any atom is 0.115 e. The molecule has 0 amide bonds. The van der Waals surface area contributed by atoms with Gasteiger partial charge in [0, 0.05) is 18.5 Å². The Bertz CT molecular complexity index is 488. The molecule has 0 saturated carbocycles. The first-order valence-electron chi connectivity index (χ1n) is 5.31. The summed E-state index contributed by atoms with van der Waals surface area (Å²) in [4.78, 5) is 4.28. The van der Waals surface area contributed by atoms with Gasteiger partial charge in [0.05, 0.1) is 5.02 Å². The van der Waals surface area contributed by atoms with Crippen LogP contribution in [0, 0.1) is 0 Å². The van der Waals surface area contributed by atoms with E-state index < -0.39 is 0 Å². The molecule has 0 aliphatic heterocycles. The Hall–Kier alpha value is -1.03. The second-order valence-corrected chi connectivity index (χ2v) is 4.91. The van der Waals surface area contributed by atoms with Gasteiger partial charge in [-0.15, -0.1) is 11.8 Å². The summed E-state index contributed by atoms with van der Waals surface area (Å²) in [6, 6.07) is 12.1. The van der Waals surface area contributed by atoms with E-state index in [0.717, 1.165) is 16.3 Å². The van der Waals surface area contributed by atoms with Crippen LogP contribution in [0.25, 0.3) is 0 Å². The summed E-state index contributed by atoms with van der Waals surface area (Å²) < 4.78 is 0. The zero-order valence-electron chi connectivity index (χ0n) is 9.27. The molecule has 0 aliphatic rings. The SMILES string of the molecule is NCc1ccnc(SCc2ccccc2)c1Cl. The summed E-state index contributed by atoms with van der Waals surface area (Å²) >= 11 is 7.84. The minimum Gasteiger partial charge on any atom is -0.326 e. The molecule has 4 heteroatoms. The summed E-state index contributed by atoms with van der Waals surface area (Å²) in [6.45, 7) is 0.445. The Balaban J connectivity index is 2.09. The van der Waals surface area contributed by atoms with Crippen LogP contribution in [0.2, 0.25) is 5.02 Å². The number of aromatic nitrogens is 1. The van der Waals surface area contributed by atoms with Crippen LogP contribution >= 0.6 is 23.4 Å². The Labute approximate surface area is 110 Å². The van der Waals surface area contributed by atoms with Crippen molar-refractivity contribution in [3.63, 3.8) is 0 Å². The molecule has 1 aromatic carbocycles. The number of hydrogen-bond donors (Lipinski definition) is 1. The lowest BCUT2D eigenvalue weighted by Gasteiger charge is -2.06. The second kappa shape index (κ2) is 6.05. The molecule has 88 valence electrons. The molecule has 2 N–H and O–H groups in total. The van der Waals surface area contributed by atoms with E-state index in [1.165, 1.54) is 5.56 Å². The summed E-state index contributed by atoms with van der Waals surface area (Å²) in [7, 11) is 0. The molecule has 0 aliphatic carbocycles. The Morgan fingerprint density at radius 2 is 1.94 bits per heavy atom. The first-order valence-corrected chi connectivity index (χ1v) is 6.68. The lowest BCUT2D eigenvalue weighted by Crippen LogP contribution is -1.98. The third-order valence-electron chi connectivity index (χ3n) is 2.38. The smallest absolute Gasteiger partial charge is 0.115 e. The highest BCUT2D eigenvalue weighted by Crippen LogP contribution is 2.29. The largest absolute Gasteiger partial charge is 0.326 e. The highest BCUT2D eigenvalue weighted by molar-refractivity contribution is 7.98. The van der Waals surface area contributed by atoms with E-state index in [0.29, 0.717) is 11.6 Å². The van der Waals surface area contributed by atoms with Gasteiger partial charge in [0.25, 0.3) is 0 Å². The van der Waals surface area contributed by atoms with Crippen LogP contribution in [0.5, 0.6) is 0 Å². The zero-order chi connectivity index (χ0) is 12.1. The first kappa shape index (κ1) is 12.4. The maximum atomic E-state index is 6.21. The molecule has 1 aromatic heterocycles. The van der Waals surface area contributed by atoms with Crippen molar-refractivity contribution in [2.45, 2.75) is 17.3 Å². The topological polar surface area (TPSA) is 38.9 Å². The average molecular weight is 265 g/mol. The first-order chi connectivity index (χ1) is 8.31. The quantitative estimate of drug-likeness (QED) is 0.860. The number of nitrogens with zero attached hydrogens (tertiary/aromatic N) is 1.